The first-order valence-corrected chi connectivity index (χ1v) is 13.0. The Balaban J connectivity index is 1.33. The van der Waals surface area contributed by atoms with E-state index in [9.17, 15) is 5.11 Å². The number of fused-ring (bicyclic) bond motifs is 9. The molecule has 2 heterocycles. The van der Waals surface area contributed by atoms with Crippen LogP contribution in [0.2, 0.25) is 0 Å². The molecule has 0 radical (unpaired) electrons. The summed E-state index contributed by atoms with van der Waals surface area (Å²) in [4.78, 5) is 3.02. The lowest BCUT2D eigenvalue weighted by molar-refractivity contribution is -0.0574. The molecule has 2 heteroatoms. The molecule has 0 unspecified atom stereocenters. The summed E-state index contributed by atoms with van der Waals surface area (Å²) in [6, 6.07) is 1.75. The number of nitrogens with zero attached hydrogens (tertiary/aromatic N) is 1. The van der Waals surface area contributed by atoms with E-state index in [0.29, 0.717) is 10.8 Å². The van der Waals surface area contributed by atoms with Gasteiger partial charge >= 0.3 is 0 Å². The molecule has 0 aromatic rings. The second-order valence-electron chi connectivity index (χ2n) is 12.8. The van der Waals surface area contributed by atoms with Gasteiger partial charge in [0.25, 0.3) is 0 Å². The Morgan fingerprint density at radius 1 is 1.00 bits per heavy atom. The number of piperidine rings is 1. The van der Waals surface area contributed by atoms with E-state index in [-0.39, 0.29) is 6.10 Å². The van der Waals surface area contributed by atoms with Crippen LogP contribution in [-0.4, -0.2) is 34.7 Å². The van der Waals surface area contributed by atoms with E-state index in [1.165, 1.54) is 51.5 Å². The molecular formula is C27H43NO. The summed E-state index contributed by atoms with van der Waals surface area (Å²) in [5.41, 5.74) is 2.58. The monoisotopic (exact) mass is 397 g/mol. The third kappa shape index (κ3) is 2.48. The Morgan fingerprint density at radius 2 is 1.83 bits per heavy atom. The molecule has 0 aromatic carbocycles. The largest absolute Gasteiger partial charge is 0.393 e. The highest BCUT2D eigenvalue weighted by Gasteiger charge is 2.66. The first-order chi connectivity index (χ1) is 13.8. The van der Waals surface area contributed by atoms with Crippen LogP contribution in [0.25, 0.3) is 0 Å². The third-order valence-corrected chi connectivity index (χ3v) is 11.7. The van der Waals surface area contributed by atoms with Gasteiger partial charge in [0, 0.05) is 18.6 Å². The minimum Gasteiger partial charge on any atom is -0.393 e. The van der Waals surface area contributed by atoms with E-state index >= 15 is 0 Å². The molecule has 5 fully saturated rings. The van der Waals surface area contributed by atoms with Gasteiger partial charge in [-0.25, -0.2) is 0 Å². The quantitative estimate of drug-likeness (QED) is 0.534. The van der Waals surface area contributed by atoms with Crippen molar-refractivity contribution in [1.82, 2.24) is 4.90 Å². The van der Waals surface area contributed by atoms with Crippen molar-refractivity contribution >= 4 is 0 Å². The minimum atomic E-state index is -0.0792. The molecule has 4 aliphatic carbocycles. The highest BCUT2D eigenvalue weighted by molar-refractivity contribution is 5.26. The third-order valence-electron chi connectivity index (χ3n) is 11.7. The van der Waals surface area contributed by atoms with E-state index in [4.69, 9.17) is 0 Å². The molecule has 0 amide bonds. The Kier molecular flexibility index (Phi) is 4.23. The zero-order valence-corrected chi connectivity index (χ0v) is 19.2. The number of hydrogen-bond acceptors (Lipinski definition) is 2. The van der Waals surface area contributed by atoms with Crippen LogP contribution < -0.4 is 0 Å². The van der Waals surface area contributed by atoms with Crippen LogP contribution in [0.1, 0.15) is 85.5 Å². The average Bonchev–Trinajstić information content (AvgIpc) is 3.15. The fraction of sp³-hybridized carbons (Fsp3) is 0.926. The van der Waals surface area contributed by atoms with Crippen LogP contribution in [0.4, 0.5) is 0 Å². The molecule has 2 aliphatic heterocycles. The summed E-state index contributed by atoms with van der Waals surface area (Å²) in [7, 11) is 0. The molecule has 11 atom stereocenters. The van der Waals surface area contributed by atoms with Crippen LogP contribution in [0.15, 0.2) is 11.6 Å². The first kappa shape index (κ1) is 19.4. The molecule has 0 aromatic heterocycles. The van der Waals surface area contributed by atoms with Gasteiger partial charge in [-0.05, 0) is 104 Å². The van der Waals surface area contributed by atoms with Crippen molar-refractivity contribution in [1.29, 1.82) is 0 Å². The van der Waals surface area contributed by atoms with E-state index in [1.54, 1.807) is 5.57 Å². The zero-order chi connectivity index (χ0) is 20.1. The van der Waals surface area contributed by atoms with Crippen LogP contribution in [0.3, 0.4) is 0 Å². The van der Waals surface area contributed by atoms with Gasteiger partial charge in [-0.2, -0.15) is 0 Å². The van der Waals surface area contributed by atoms with Crippen molar-refractivity contribution in [2.45, 2.75) is 104 Å². The summed E-state index contributed by atoms with van der Waals surface area (Å²) >= 11 is 0. The van der Waals surface area contributed by atoms with Crippen molar-refractivity contribution in [2.24, 2.45) is 46.3 Å². The maximum atomic E-state index is 10.3. The van der Waals surface area contributed by atoms with E-state index in [1.807, 2.05) is 0 Å². The van der Waals surface area contributed by atoms with Crippen molar-refractivity contribution in [3.63, 3.8) is 0 Å². The van der Waals surface area contributed by atoms with Crippen LogP contribution in [0, 0.1) is 46.3 Å². The summed E-state index contributed by atoms with van der Waals surface area (Å²) in [5, 5.41) is 10.3. The van der Waals surface area contributed by atoms with Gasteiger partial charge in [0.2, 0.25) is 0 Å². The molecule has 1 N–H and O–H groups in total. The maximum Gasteiger partial charge on any atom is 0.0577 e. The normalized spacial score (nSPS) is 59.2. The predicted molar refractivity (Wildman–Crippen MR) is 118 cm³/mol. The van der Waals surface area contributed by atoms with Gasteiger partial charge in [0.1, 0.15) is 0 Å². The smallest absolute Gasteiger partial charge is 0.0577 e. The first-order valence-electron chi connectivity index (χ1n) is 13.0. The molecule has 162 valence electrons. The molecule has 6 rings (SSSR count). The van der Waals surface area contributed by atoms with Crippen LogP contribution >= 0.6 is 0 Å². The SMILES string of the molecule is C[C@H]1CC[C@@H]2[C@@H](C)[C@H]3[C@H](C[C@@H]4[C@@H]5CC=C6C[C@@H](O)CC[C@]6(C)[C@H]5CC[C@]34C)N2C1. The van der Waals surface area contributed by atoms with Gasteiger partial charge in [-0.1, -0.05) is 39.3 Å². The fourth-order valence-electron chi connectivity index (χ4n) is 10.4. The lowest BCUT2D eigenvalue weighted by atomic mass is 9.47. The van der Waals surface area contributed by atoms with Crippen molar-refractivity contribution in [3.05, 3.63) is 11.6 Å². The number of rotatable bonds is 0. The number of allylic oxidation sites excluding steroid dienone is 1. The lowest BCUT2D eigenvalue weighted by Gasteiger charge is -2.58. The highest BCUT2D eigenvalue weighted by Crippen LogP contribution is 2.69. The molecule has 29 heavy (non-hydrogen) atoms. The topological polar surface area (TPSA) is 23.5 Å². The Morgan fingerprint density at radius 3 is 2.66 bits per heavy atom. The van der Waals surface area contributed by atoms with Crippen molar-refractivity contribution in [2.75, 3.05) is 6.54 Å². The molecule has 3 saturated carbocycles. The minimum absolute atomic E-state index is 0.0792. The number of aliphatic hydroxyl groups excluding tert-OH is 1. The second-order valence-corrected chi connectivity index (χ2v) is 12.8. The second kappa shape index (κ2) is 6.35. The van der Waals surface area contributed by atoms with Gasteiger partial charge in [0.15, 0.2) is 0 Å². The highest BCUT2D eigenvalue weighted by atomic mass is 16.3. The van der Waals surface area contributed by atoms with Gasteiger partial charge in [-0.15, -0.1) is 0 Å². The van der Waals surface area contributed by atoms with Crippen LogP contribution in [-0.2, 0) is 0 Å². The predicted octanol–water partition coefficient (Wildman–Crippen LogP) is 5.66. The zero-order valence-electron chi connectivity index (χ0n) is 19.2. The molecular weight excluding hydrogens is 354 g/mol. The van der Waals surface area contributed by atoms with Gasteiger partial charge in [-0.3, -0.25) is 4.90 Å². The Bertz CT molecular complexity index is 715. The van der Waals surface area contributed by atoms with Gasteiger partial charge < -0.3 is 5.11 Å². The number of aliphatic hydroxyl groups is 1. The summed E-state index contributed by atoms with van der Waals surface area (Å²) in [6.07, 6.45) is 14.3. The standard InChI is InChI=1S/C27H43NO/c1-16-5-8-23-17(2)25-24(28(23)15-16)14-22-20-7-6-18-13-19(29)9-11-26(18,3)21(20)10-12-27(22,25)4/h6,16-17,19-25,29H,5,7-15H2,1-4H3/t16-,17+,19-,20+,21-,22+,23+,24-,25-,26-,27-/m0/s1. The molecule has 2 saturated heterocycles. The summed E-state index contributed by atoms with van der Waals surface area (Å²) in [5.74, 6) is 5.44. The number of hydrogen-bond donors (Lipinski definition) is 1. The fourth-order valence-corrected chi connectivity index (χ4v) is 10.4. The molecule has 0 spiro atoms. The lowest BCUT2D eigenvalue weighted by Crippen LogP contribution is -2.51. The summed E-state index contributed by atoms with van der Waals surface area (Å²) < 4.78 is 0. The summed E-state index contributed by atoms with van der Waals surface area (Å²) in [6.45, 7) is 11.8. The Labute approximate surface area is 178 Å². The maximum absolute atomic E-state index is 10.3. The van der Waals surface area contributed by atoms with E-state index in [0.717, 1.165) is 60.4 Å². The molecule has 2 nitrogen and oxygen atoms in total. The van der Waals surface area contributed by atoms with Crippen molar-refractivity contribution in [3.8, 4) is 0 Å². The van der Waals surface area contributed by atoms with Gasteiger partial charge in [0.05, 0.1) is 6.10 Å². The van der Waals surface area contributed by atoms with Crippen molar-refractivity contribution < 1.29 is 5.11 Å². The molecule has 6 aliphatic rings. The average molecular weight is 398 g/mol. The van der Waals surface area contributed by atoms with E-state index < -0.39 is 0 Å². The van der Waals surface area contributed by atoms with Crippen LogP contribution in [0.5, 0.6) is 0 Å². The molecule has 0 bridgehead atoms. The Hall–Kier alpha value is -0.340. The van der Waals surface area contributed by atoms with E-state index in [2.05, 4.69) is 38.7 Å².